The van der Waals surface area contributed by atoms with Gasteiger partial charge in [0, 0.05) is 13.5 Å². The van der Waals surface area contributed by atoms with E-state index in [0.29, 0.717) is 6.42 Å². The van der Waals surface area contributed by atoms with Crippen molar-refractivity contribution in [2.75, 3.05) is 7.11 Å². The number of rotatable bonds is 4. The molecule has 1 rings (SSSR count). The Balaban J connectivity index is 2.73. The summed E-state index contributed by atoms with van der Waals surface area (Å²) in [7, 11) is 1.69. The third kappa shape index (κ3) is 2.96. The van der Waals surface area contributed by atoms with Gasteiger partial charge in [-0.2, -0.15) is 0 Å². The van der Waals surface area contributed by atoms with Crippen molar-refractivity contribution in [3.8, 4) is 0 Å². The summed E-state index contributed by atoms with van der Waals surface area (Å²) in [5, 5.41) is 0. The van der Waals surface area contributed by atoms with Crippen molar-refractivity contribution < 1.29 is 9.53 Å². The third-order valence-corrected chi connectivity index (χ3v) is 2.26. The molecule has 0 spiro atoms. The van der Waals surface area contributed by atoms with Gasteiger partial charge in [0.25, 0.3) is 0 Å². The number of ether oxygens (including phenoxy) is 1. The first-order chi connectivity index (χ1) is 6.63. The molecule has 1 atom stereocenters. The second-order valence-corrected chi connectivity index (χ2v) is 3.50. The van der Waals surface area contributed by atoms with Gasteiger partial charge in [0.2, 0.25) is 0 Å². The molecule has 0 fully saturated rings. The van der Waals surface area contributed by atoms with Crippen molar-refractivity contribution in [1.29, 1.82) is 0 Å². The summed E-state index contributed by atoms with van der Waals surface area (Å²) in [5.74, 6) is 0.192. The molecule has 0 N–H and O–H groups in total. The van der Waals surface area contributed by atoms with Gasteiger partial charge >= 0.3 is 0 Å². The second kappa shape index (κ2) is 4.91. The summed E-state index contributed by atoms with van der Waals surface area (Å²) < 4.78 is 5.19. The first-order valence-electron chi connectivity index (χ1n) is 4.74. The van der Waals surface area contributed by atoms with Crippen molar-refractivity contribution in [2.45, 2.75) is 26.4 Å². The predicted octanol–water partition coefficient (Wildman–Crippen LogP) is 2.53. The summed E-state index contributed by atoms with van der Waals surface area (Å²) >= 11 is 0. The Morgan fingerprint density at radius 3 is 2.36 bits per heavy atom. The zero-order valence-electron chi connectivity index (χ0n) is 8.91. The van der Waals surface area contributed by atoms with E-state index in [1.165, 1.54) is 0 Å². The van der Waals surface area contributed by atoms with Gasteiger partial charge in [-0.3, -0.25) is 4.79 Å². The fourth-order valence-electron chi connectivity index (χ4n) is 1.33. The van der Waals surface area contributed by atoms with E-state index < -0.39 is 0 Å². The van der Waals surface area contributed by atoms with Crippen LogP contribution in [-0.2, 0) is 16.0 Å². The lowest BCUT2D eigenvalue weighted by Gasteiger charge is -2.09. The molecule has 0 saturated heterocycles. The summed E-state index contributed by atoms with van der Waals surface area (Å²) in [6, 6.07) is 7.97. The van der Waals surface area contributed by atoms with Crippen LogP contribution in [0.3, 0.4) is 0 Å². The number of ketones is 1. The largest absolute Gasteiger partial charge is 0.377 e. The molecule has 0 radical (unpaired) electrons. The minimum Gasteiger partial charge on any atom is -0.377 e. The molecule has 2 nitrogen and oxygen atoms in total. The maximum Gasteiger partial charge on any atom is 0.134 e. The predicted molar refractivity (Wildman–Crippen MR) is 56.3 cm³/mol. The first-order valence-corrected chi connectivity index (χ1v) is 4.74. The van der Waals surface area contributed by atoms with Crippen LogP contribution >= 0.6 is 0 Å². The first kappa shape index (κ1) is 10.9. The van der Waals surface area contributed by atoms with Crippen LogP contribution in [0.2, 0.25) is 0 Å². The summed E-state index contributed by atoms with van der Waals surface area (Å²) in [6.07, 6.45) is 0.628. The molecule has 0 bridgehead atoms. The molecular formula is C12H16O2. The molecule has 1 aromatic rings. The van der Waals surface area contributed by atoms with Crippen molar-refractivity contribution >= 4 is 5.78 Å². The van der Waals surface area contributed by atoms with Crippen molar-refractivity contribution in [3.05, 3.63) is 35.4 Å². The molecule has 76 valence electrons. The van der Waals surface area contributed by atoms with Gasteiger partial charge in [-0.1, -0.05) is 24.3 Å². The highest BCUT2D eigenvalue weighted by atomic mass is 16.5. The standard InChI is InChI=1S/C12H16O2/c1-9(13)8-11-4-6-12(7-5-11)10(2)14-3/h4-7,10H,8H2,1-3H3. The minimum absolute atomic E-state index is 0.112. The van der Waals surface area contributed by atoms with Crippen LogP contribution < -0.4 is 0 Å². The monoisotopic (exact) mass is 192 g/mol. The van der Waals surface area contributed by atoms with Crippen LogP contribution in [0.1, 0.15) is 31.1 Å². The molecule has 0 aliphatic heterocycles. The average Bonchev–Trinajstić information content (AvgIpc) is 2.17. The molecule has 0 saturated carbocycles. The smallest absolute Gasteiger partial charge is 0.134 e. The van der Waals surface area contributed by atoms with E-state index in [1.54, 1.807) is 14.0 Å². The van der Waals surface area contributed by atoms with Crippen molar-refractivity contribution in [1.82, 2.24) is 0 Å². The highest BCUT2D eigenvalue weighted by Gasteiger charge is 2.03. The maximum atomic E-state index is 10.9. The van der Waals surface area contributed by atoms with Crippen LogP contribution in [0.15, 0.2) is 24.3 Å². The third-order valence-electron chi connectivity index (χ3n) is 2.26. The van der Waals surface area contributed by atoms with Crippen LogP contribution in [0.4, 0.5) is 0 Å². The molecule has 2 heteroatoms. The van der Waals surface area contributed by atoms with Gasteiger partial charge in [0.1, 0.15) is 5.78 Å². The summed E-state index contributed by atoms with van der Waals surface area (Å²) in [5.41, 5.74) is 2.20. The van der Waals surface area contributed by atoms with Crippen LogP contribution in [0, 0.1) is 0 Å². The fourth-order valence-corrected chi connectivity index (χ4v) is 1.33. The Bertz CT molecular complexity index is 301. The number of Topliss-reactive ketones (excluding diaryl/α,β-unsaturated/α-hetero) is 1. The van der Waals surface area contributed by atoms with E-state index in [4.69, 9.17) is 4.74 Å². The molecule has 0 aliphatic carbocycles. The Kier molecular flexibility index (Phi) is 3.84. The lowest BCUT2D eigenvalue weighted by molar-refractivity contribution is -0.116. The SMILES string of the molecule is COC(C)c1ccc(CC(C)=O)cc1. The number of benzene rings is 1. The van der Waals surface area contributed by atoms with Crippen LogP contribution in [-0.4, -0.2) is 12.9 Å². The van der Waals surface area contributed by atoms with Gasteiger partial charge in [-0.25, -0.2) is 0 Å². The van der Waals surface area contributed by atoms with Crippen LogP contribution in [0.5, 0.6) is 0 Å². The number of hydrogen-bond donors (Lipinski definition) is 0. The number of methoxy groups -OCH3 is 1. The van der Waals surface area contributed by atoms with Gasteiger partial charge < -0.3 is 4.74 Å². The Labute approximate surface area is 84.9 Å². The molecule has 14 heavy (non-hydrogen) atoms. The summed E-state index contributed by atoms with van der Waals surface area (Å²) in [4.78, 5) is 10.9. The van der Waals surface area contributed by atoms with Gasteiger partial charge in [0.15, 0.2) is 0 Å². The molecule has 0 aromatic heterocycles. The van der Waals surface area contributed by atoms with Crippen LogP contribution in [0.25, 0.3) is 0 Å². The number of carbonyl (C=O) groups is 1. The lowest BCUT2D eigenvalue weighted by atomic mass is 10.0. The number of carbonyl (C=O) groups excluding carboxylic acids is 1. The average molecular weight is 192 g/mol. The van der Waals surface area contributed by atoms with Gasteiger partial charge in [0.05, 0.1) is 6.10 Å². The van der Waals surface area contributed by atoms with Crippen molar-refractivity contribution in [3.63, 3.8) is 0 Å². The Morgan fingerprint density at radius 1 is 1.36 bits per heavy atom. The van der Waals surface area contributed by atoms with E-state index in [2.05, 4.69) is 0 Å². The van der Waals surface area contributed by atoms with E-state index in [0.717, 1.165) is 11.1 Å². The van der Waals surface area contributed by atoms with Gasteiger partial charge in [-0.05, 0) is 25.0 Å². The van der Waals surface area contributed by atoms with Gasteiger partial charge in [-0.15, -0.1) is 0 Å². The maximum absolute atomic E-state index is 10.9. The summed E-state index contributed by atoms with van der Waals surface area (Å²) in [6.45, 7) is 3.60. The van der Waals surface area contributed by atoms with E-state index in [-0.39, 0.29) is 11.9 Å². The molecular weight excluding hydrogens is 176 g/mol. The molecule has 1 unspecified atom stereocenters. The second-order valence-electron chi connectivity index (χ2n) is 3.50. The Hall–Kier alpha value is -1.15. The molecule has 1 aromatic carbocycles. The van der Waals surface area contributed by atoms with Crippen molar-refractivity contribution in [2.24, 2.45) is 0 Å². The molecule has 0 aliphatic rings. The van der Waals surface area contributed by atoms with E-state index in [1.807, 2.05) is 31.2 Å². The fraction of sp³-hybridized carbons (Fsp3) is 0.417. The molecule has 0 amide bonds. The number of hydrogen-bond acceptors (Lipinski definition) is 2. The topological polar surface area (TPSA) is 26.3 Å². The quantitative estimate of drug-likeness (QED) is 0.732. The Morgan fingerprint density at radius 2 is 1.93 bits per heavy atom. The minimum atomic E-state index is 0.112. The highest BCUT2D eigenvalue weighted by Crippen LogP contribution is 2.16. The highest BCUT2D eigenvalue weighted by molar-refractivity contribution is 5.78. The molecule has 0 heterocycles. The van der Waals surface area contributed by atoms with E-state index >= 15 is 0 Å². The normalized spacial score (nSPS) is 12.5. The lowest BCUT2D eigenvalue weighted by Crippen LogP contribution is -1.98. The van der Waals surface area contributed by atoms with E-state index in [9.17, 15) is 4.79 Å². The zero-order valence-corrected chi connectivity index (χ0v) is 8.91. The zero-order chi connectivity index (χ0) is 10.6.